The minimum Gasteiger partial charge on any atom is -0.459 e. The Balaban J connectivity index is 1.49. The first-order valence-electron chi connectivity index (χ1n) is 11.3. The first-order valence-corrected chi connectivity index (χ1v) is 13.9. The lowest BCUT2D eigenvalue weighted by molar-refractivity contribution is -0.120. The molecule has 0 aliphatic heterocycles. The van der Waals surface area contributed by atoms with Crippen LogP contribution in [0.15, 0.2) is 99.3 Å². The van der Waals surface area contributed by atoms with E-state index in [0.717, 1.165) is 5.56 Å². The SMILES string of the molecule is O=C(Cc1ccccc1)N/N=C\c1ccc(CN(Cc2ccc(Cl)c(Cl)c2)S(=O)(=O)c2ccc(Cl)cc2)o1. The zero-order chi connectivity index (χ0) is 27.1. The van der Waals surface area contributed by atoms with E-state index >= 15 is 0 Å². The molecule has 1 aromatic heterocycles. The summed E-state index contributed by atoms with van der Waals surface area (Å²) in [4.78, 5) is 12.2. The predicted octanol–water partition coefficient (Wildman–Crippen LogP) is 6.32. The molecule has 11 heteroatoms. The largest absolute Gasteiger partial charge is 0.459 e. The number of hydrazone groups is 1. The molecule has 0 atom stereocenters. The minimum atomic E-state index is -3.94. The molecule has 0 unspecified atom stereocenters. The van der Waals surface area contributed by atoms with Crippen LogP contribution in [0.3, 0.4) is 0 Å². The van der Waals surface area contributed by atoms with Crippen molar-refractivity contribution in [1.82, 2.24) is 9.73 Å². The van der Waals surface area contributed by atoms with E-state index in [2.05, 4.69) is 10.5 Å². The highest BCUT2D eigenvalue weighted by atomic mass is 35.5. The molecule has 0 saturated heterocycles. The zero-order valence-corrected chi connectivity index (χ0v) is 22.9. The summed E-state index contributed by atoms with van der Waals surface area (Å²) < 4.78 is 34.1. The van der Waals surface area contributed by atoms with Crippen LogP contribution in [0.5, 0.6) is 0 Å². The number of carbonyl (C=O) groups excluding carboxylic acids is 1. The molecule has 1 heterocycles. The third kappa shape index (κ3) is 7.46. The van der Waals surface area contributed by atoms with E-state index in [4.69, 9.17) is 39.2 Å². The number of benzene rings is 3. The van der Waals surface area contributed by atoms with Crippen LogP contribution >= 0.6 is 34.8 Å². The number of nitrogens with one attached hydrogen (secondary N) is 1. The summed E-state index contributed by atoms with van der Waals surface area (Å²) in [5.41, 5.74) is 3.96. The second-order valence-corrected chi connectivity index (χ2v) is 11.4. The molecule has 38 heavy (non-hydrogen) atoms. The third-order valence-corrected chi connectivity index (χ3v) is 8.19. The molecule has 0 bridgehead atoms. The number of sulfonamides is 1. The summed E-state index contributed by atoms with van der Waals surface area (Å²) >= 11 is 18.1. The minimum absolute atomic E-state index is 0.0154. The average Bonchev–Trinajstić information content (AvgIpc) is 3.34. The zero-order valence-electron chi connectivity index (χ0n) is 19.9. The van der Waals surface area contributed by atoms with Crippen molar-refractivity contribution in [2.24, 2.45) is 5.10 Å². The van der Waals surface area contributed by atoms with Gasteiger partial charge in [-0.15, -0.1) is 0 Å². The summed E-state index contributed by atoms with van der Waals surface area (Å²) in [5, 5.41) is 5.04. The van der Waals surface area contributed by atoms with Crippen molar-refractivity contribution in [3.8, 4) is 0 Å². The Morgan fingerprint density at radius 3 is 2.32 bits per heavy atom. The van der Waals surface area contributed by atoms with Crippen LogP contribution in [0.4, 0.5) is 0 Å². The van der Waals surface area contributed by atoms with Gasteiger partial charge in [-0.25, -0.2) is 13.8 Å². The Hall–Kier alpha value is -3.14. The van der Waals surface area contributed by atoms with Gasteiger partial charge < -0.3 is 4.42 Å². The number of halogens is 3. The molecule has 0 aliphatic rings. The van der Waals surface area contributed by atoms with Crippen LogP contribution in [0.2, 0.25) is 15.1 Å². The Morgan fingerprint density at radius 2 is 1.61 bits per heavy atom. The maximum absolute atomic E-state index is 13.5. The van der Waals surface area contributed by atoms with Gasteiger partial charge in [0.25, 0.3) is 0 Å². The average molecular weight is 591 g/mol. The van der Waals surface area contributed by atoms with Gasteiger partial charge in [0, 0.05) is 11.6 Å². The first-order chi connectivity index (χ1) is 18.2. The highest BCUT2D eigenvalue weighted by Gasteiger charge is 2.26. The number of carbonyl (C=O) groups is 1. The molecule has 4 aromatic rings. The van der Waals surface area contributed by atoms with Crippen LogP contribution in [0, 0.1) is 0 Å². The van der Waals surface area contributed by atoms with E-state index in [9.17, 15) is 13.2 Å². The van der Waals surface area contributed by atoms with Crippen molar-refractivity contribution in [2.75, 3.05) is 0 Å². The van der Waals surface area contributed by atoms with Crippen LogP contribution < -0.4 is 5.43 Å². The molecule has 196 valence electrons. The quantitative estimate of drug-likeness (QED) is 0.173. The van der Waals surface area contributed by atoms with Gasteiger partial charge >= 0.3 is 0 Å². The number of nitrogens with zero attached hydrogens (tertiary/aromatic N) is 2. The maximum Gasteiger partial charge on any atom is 0.244 e. The van der Waals surface area contributed by atoms with E-state index in [-0.39, 0.29) is 30.3 Å². The summed E-state index contributed by atoms with van der Waals surface area (Å²) in [5.74, 6) is 0.444. The van der Waals surface area contributed by atoms with E-state index in [1.54, 1.807) is 30.3 Å². The van der Waals surface area contributed by atoms with Gasteiger partial charge in [-0.2, -0.15) is 9.41 Å². The fraction of sp³-hybridized carbons (Fsp3) is 0.111. The molecule has 0 saturated carbocycles. The van der Waals surface area contributed by atoms with Crippen LogP contribution in [0.25, 0.3) is 0 Å². The topological polar surface area (TPSA) is 92.0 Å². The summed E-state index contributed by atoms with van der Waals surface area (Å²) in [6.45, 7) is -0.0546. The third-order valence-electron chi connectivity index (χ3n) is 5.40. The van der Waals surface area contributed by atoms with Gasteiger partial charge in [-0.1, -0.05) is 71.2 Å². The van der Waals surface area contributed by atoms with Gasteiger partial charge in [0.2, 0.25) is 15.9 Å². The molecule has 0 spiro atoms. The maximum atomic E-state index is 13.5. The smallest absolute Gasteiger partial charge is 0.244 e. The molecular formula is C27H22Cl3N3O4S. The second kappa shape index (κ2) is 12.6. The van der Waals surface area contributed by atoms with Gasteiger partial charge in [0.1, 0.15) is 11.5 Å². The fourth-order valence-electron chi connectivity index (χ4n) is 3.53. The first kappa shape index (κ1) is 27.9. The highest BCUT2D eigenvalue weighted by Crippen LogP contribution is 2.27. The van der Waals surface area contributed by atoms with Crippen molar-refractivity contribution in [1.29, 1.82) is 0 Å². The van der Waals surface area contributed by atoms with E-state index in [1.165, 1.54) is 34.8 Å². The monoisotopic (exact) mass is 589 g/mol. The van der Waals surface area contributed by atoms with Gasteiger partial charge in [-0.3, -0.25) is 4.79 Å². The molecule has 1 N–H and O–H groups in total. The number of amides is 1. The second-order valence-electron chi connectivity index (χ2n) is 8.24. The van der Waals surface area contributed by atoms with E-state index in [1.807, 2.05) is 30.3 Å². The van der Waals surface area contributed by atoms with E-state index in [0.29, 0.717) is 32.2 Å². The van der Waals surface area contributed by atoms with Gasteiger partial charge in [-0.05, 0) is 59.7 Å². The molecule has 0 aliphatic carbocycles. The molecule has 3 aromatic carbocycles. The Kier molecular flexibility index (Phi) is 9.25. The summed E-state index contributed by atoms with van der Waals surface area (Å²) in [6, 6.07) is 23.4. The van der Waals surface area contributed by atoms with Crippen LogP contribution in [0.1, 0.15) is 22.6 Å². The number of hydrogen-bond donors (Lipinski definition) is 1. The molecular weight excluding hydrogens is 569 g/mol. The molecule has 4 rings (SSSR count). The van der Waals surface area contributed by atoms with Crippen molar-refractivity contribution >= 4 is 56.9 Å². The fourth-order valence-corrected chi connectivity index (χ4v) is 5.38. The van der Waals surface area contributed by atoms with Crippen LogP contribution in [-0.4, -0.2) is 24.8 Å². The Morgan fingerprint density at radius 1 is 0.868 bits per heavy atom. The number of hydrogen-bond acceptors (Lipinski definition) is 5. The van der Waals surface area contributed by atoms with Crippen molar-refractivity contribution in [3.05, 3.63) is 123 Å². The number of rotatable bonds is 10. The van der Waals surface area contributed by atoms with Crippen molar-refractivity contribution < 1.29 is 17.6 Å². The van der Waals surface area contributed by atoms with Crippen molar-refractivity contribution in [2.45, 2.75) is 24.4 Å². The van der Waals surface area contributed by atoms with Gasteiger partial charge in [0.05, 0.1) is 34.1 Å². The molecule has 0 fully saturated rings. The highest BCUT2D eigenvalue weighted by molar-refractivity contribution is 7.89. The Bertz CT molecular complexity index is 1540. The lowest BCUT2D eigenvalue weighted by atomic mass is 10.1. The van der Waals surface area contributed by atoms with Crippen molar-refractivity contribution in [3.63, 3.8) is 0 Å². The summed E-state index contributed by atoms with van der Waals surface area (Å²) in [6.07, 6.45) is 1.54. The van der Waals surface area contributed by atoms with Gasteiger partial charge in [0.15, 0.2) is 0 Å². The normalized spacial score (nSPS) is 11.8. The lowest BCUT2D eigenvalue weighted by Crippen LogP contribution is -2.30. The lowest BCUT2D eigenvalue weighted by Gasteiger charge is -2.22. The Labute approximate surface area is 235 Å². The van der Waals surface area contributed by atoms with Crippen LogP contribution in [-0.2, 0) is 34.3 Å². The number of furan rings is 1. The predicted molar refractivity (Wildman–Crippen MR) is 149 cm³/mol. The molecule has 1 amide bonds. The standard InChI is InChI=1S/C27H22Cl3N3O4S/c28-21-7-11-24(12-8-21)38(35,36)33(17-20-6-13-25(29)26(30)14-20)18-23-10-9-22(37-23)16-31-32-27(34)15-19-4-2-1-3-5-19/h1-14,16H,15,17-18H2,(H,32,34)/b31-16-. The molecule has 7 nitrogen and oxygen atoms in total. The summed E-state index contributed by atoms with van der Waals surface area (Å²) in [7, 11) is -3.94. The molecule has 0 radical (unpaired) electrons. The van der Waals surface area contributed by atoms with E-state index < -0.39 is 10.0 Å².